The fourth-order valence-electron chi connectivity index (χ4n) is 3.40. The third kappa shape index (κ3) is 6.92. The summed E-state index contributed by atoms with van der Waals surface area (Å²) >= 11 is 0. The molecule has 1 amide bonds. The standard InChI is InChI=1S/C22H29N3O3.ClH/c1-27-19-8-9-21(28-2)20(16-19)23-22(26)10-11-24-12-14-25(15-13-24)17-18-6-4-3-5-7-18;/h3-9,16H,10-15,17H2,1-2H3,(H,23,26);1H. The van der Waals surface area contributed by atoms with Crippen molar-refractivity contribution < 1.29 is 14.3 Å². The minimum atomic E-state index is -0.0155. The SMILES string of the molecule is COc1ccc(OC)c(NC(=O)CCN2CCN(Cc3ccccc3)CC2)c1.Cl. The lowest BCUT2D eigenvalue weighted by Crippen LogP contribution is -2.46. The Morgan fingerprint density at radius 2 is 1.66 bits per heavy atom. The summed E-state index contributed by atoms with van der Waals surface area (Å²) < 4.78 is 10.5. The molecule has 6 nitrogen and oxygen atoms in total. The van der Waals surface area contributed by atoms with Gasteiger partial charge in [0, 0.05) is 51.8 Å². The summed E-state index contributed by atoms with van der Waals surface area (Å²) in [6.07, 6.45) is 0.457. The third-order valence-electron chi connectivity index (χ3n) is 5.05. The summed E-state index contributed by atoms with van der Waals surface area (Å²) in [5.74, 6) is 1.30. The van der Waals surface area contributed by atoms with Gasteiger partial charge in [-0.25, -0.2) is 0 Å². The van der Waals surface area contributed by atoms with Gasteiger partial charge in [0.05, 0.1) is 19.9 Å². The number of nitrogens with zero attached hydrogens (tertiary/aromatic N) is 2. The fourth-order valence-corrected chi connectivity index (χ4v) is 3.40. The summed E-state index contributed by atoms with van der Waals surface area (Å²) in [4.78, 5) is 17.2. The van der Waals surface area contributed by atoms with E-state index in [0.717, 1.165) is 39.3 Å². The van der Waals surface area contributed by atoms with Crippen LogP contribution in [0.25, 0.3) is 0 Å². The van der Waals surface area contributed by atoms with E-state index in [0.29, 0.717) is 23.6 Å². The number of carbonyl (C=O) groups is 1. The maximum absolute atomic E-state index is 12.4. The van der Waals surface area contributed by atoms with Crippen LogP contribution < -0.4 is 14.8 Å². The van der Waals surface area contributed by atoms with Crippen LogP contribution in [0.15, 0.2) is 48.5 Å². The molecular formula is C22H30ClN3O3. The lowest BCUT2D eigenvalue weighted by molar-refractivity contribution is -0.116. The number of rotatable bonds is 8. The summed E-state index contributed by atoms with van der Waals surface area (Å²) in [6, 6.07) is 15.9. The molecule has 0 aliphatic carbocycles. The van der Waals surface area contributed by atoms with Crippen molar-refractivity contribution in [1.29, 1.82) is 0 Å². The monoisotopic (exact) mass is 419 g/mol. The summed E-state index contributed by atoms with van der Waals surface area (Å²) in [5.41, 5.74) is 1.99. The minimum absolute atomic E-state index is 0. The Kier molecular flexibility index (Phi) is 9.25. The molecule has 0 spiro atoms. The molecule has 1 aliphatic rings. The van der Waals surface area contributed by atoms with Gasteiger partial charge in [0.1, 0.15) is 11.5 Å². The van der Waals surface area contributed by atoms with Crippen molar-refractivity contribution in [2.45, 2.75) is 13.0 Å². The number of anilines is 1. The zero-order valence-corrected chi connectivity index (χ0v) is 17.9. The van der Waals surface area contributed by atoms with E-state index < -0.39 is 0 Å². The van der Waals surface area contributed by atoms with Crippen LogP contribution in [0.1, 0.15) is 12.0 Å². The van der Waals surface area contributed by atoms with Gasteiger partial charge in [0.2, 0.25) is 5.91 Å². The van der Waals surface area contributed by atoms with E-state index in [4.69, 9.17) is 9.47 Å². The van der Waals surface area contributed by atoms with Gasteiger partial charge in [-0.05, 0) is 17.7 Å². The normalized spacial score (nSPS) is 14.7. The highest BCUT2D eigenvalue weighted by Gasteiger charge is 2.18. The molecule has 0 atom stereocenters. The summed E-state index contributed by atoms with van der Waals surface area (Å²) in [6.45, 7) is 5.79. The average molecular weight is 420 g/mol. The van der Waals surface area contributed by atoms with E-state index >= 15 is 0 Å². The number of carbonyl (C=O) groups excluding carboxylic acids is 1. The van der Waals surface area contributed by atoms with Gasteiger partial charge in [-0.3, -0.25) is 9.69 Å². The molecule has 0 unspecified atom stereocenters. The molecule has 1 heterocycles. The van der Waals surface area contributed by atoms with Crippen LogP contribution in [0, 0.1) is 0 Å². The van der Waals surface area contributed by atoms with Gasteiger partial charge in [-0.1, -0.05) is 30.3 Å². The highest BCUT2D eigenvalue weighted by Crippen LogP contribution is 2.28. The number of ether oxygens (including phenoxy) is 2. The topological polar surface area (TPSA) is 54.0 Å². The van der Waals surface area contributed by atoms with Crippen molar-refractivity contribution in [3.8, 4) is 11.5 Å². The van der Waals surface area contributed by atoms with E-state index in [1.165, 1.54) is 5.56 Å². The quantitative estimate of drug-likeness (QED) is 0.711. The van der Waals surface area contributed by atoms with Crippen LogP contribution >= 0.6 is 12.4 Å². The van der Waals surface area contributed by atoms with Crippen molar-refractivity contribution in [3.05, 3.63) is 54.1 Å². The zero-order valence-electron chi connectivity index (χ0n) is 17.1. The van der Waals surface area contributed by atoms with Crippen LogP contribution in [-0.2, 0) is 11.3 Å². The van der Waals surface area contributed by atoms with Crippen LogP contribution in [0.5, 0.6) is 11.5 Å². The number of hydrogen-bond acceptors (Lipinski definition) is 5. The molecule has 158 valence electrons. The Hall–Kier alpha value is -2.28. The molecule has 0 saturated carbocycles. The Morgan fingerprint density at radius 1 is 0.966 bits per heavy atom. The van der Waals surface area contributed by atoms with E-state index in [1.807, 2.05) is 12.1 Å². The van der Waals surface area contributed by atoms with Gasteiger partial charge in [-0.2, -0.15) is 0 Å². The second kappa shape index (κ2) is 11.7. The first-order chi connectivity index (χ1) is 13.7. The molecule has 2 aromatic rings. The predicted molar refractivity (Wildman–Crippen MR) is 118 cm³/mol. The van der Waals surface area contributed by atoms with Crippen LogP contribution in [-0.4, -0.2) is 62.7 Å². The first-order valence-corrected chi connectivity index (χ1v) is 9.68. The number of nitrogens with one attached hydrogen (secondary N) is 1. The molecule has 1 aliphatic heterocycles. The van der Waals surface area contributed by atoms with Crippen LogP contribution in [0.2, 0.25) is 0 Å². The number of amides is 1. The summed E-state index contributed by atoms with van der Waals surface area (Å²) in [5, 5.41) is 2.94. The van der Waals surface area contributed by atoms with E-state index in [-0.39, 0.29) is 18.3 Å². The largest absolute Gasteiger partial charge is 0.497 e. The zero-order chi connectivity index (χ0) is 19.8. The molecule has 1 fully saturated rings. The molecule has 3 rings (SSSR count). The molecular weight excluding hydrogens is 390 g/mol. The highest BCUT2D eigenvalue weighted by molar-refractivity contribution is 5.92. The van der Waals surface area contributed by atoms with Gasteiger partial charge in [0.15, 0.2) is 0 Å². The Labute approximate surface area is 179 Å². The minimum Gasteiger partial charge on any atom is -0.497 e. The van der Waals surface area contributed by atoms with E-state index in [2.05, 4.69) is 39.4 Å². The van der Waals surface area contributed by atoms with Crippen molar-refractivity contribution in [1.82, 2.24) is 9.80 Å². The van der Waals surface area contributed by atoms with Crippen molar-refractivity contribution >= 4 is 24.0 Å². The lowest BCUT2D eigenvalue weighted by atomic mass is 10.2. The molecule has 1 N–H and O–H groups in total. The van der Waals surface area contributed by atoms with Crippen molar-refractivity contribution in [3.63, 3.8) is 0 Å². The number of piperazine rings is 1. The number of methoxy groups -OCH3 is 2. The fraction of sp³-hybridized carbons (Fsp3) is 0.409. The molecule has 7 heteroatoms. The molecule has 29 heavy (non-hydrogen) atoms. The summed E-state index contributed by atoms with van der Waals surface area (Å²) in [7, 11) is 3.19. The van der Waals surface area contributed by atoms with Crippen molar-refractivity contribution in [2.75, 3.05) is 52.3 Å². The second-order valence-corrected chi connectivity index (χ2v) is 6.97. The maximum Gasteiger partial charge on any atom is 0.225 e. The van der Waals surface area contributed by atoms with Crippen LogP contribution in [0.4, 0.5) is 5.69 Å². The number of halogens is 1. The highest BCUT2D eigenvalue weighted by atomic mass is 35.5. The van der Waals surface area contributed by atoms with E-state index in [1.54, 1.807) is 26.4 Å². The predicted octanol–water partition coefficient (Wildman–Crippen LogP) is 3.27. The smallest absolute Gasteiger partial charge is 0.225 e. The van der Waals surface area contributed by atoms with Gasteiger partial charge in [-0.15, -0.1) is 12.4 Å². The molecule has 0 aromatic heterocycles. The Morgan fingerprint density at radius 3 is 2.31 bits per heavy atom. The van der Waals surface area contributed by atoms with E-state index in [9.17, 15) is 4.79 Å². The Bertz CT molecular complexity index is 765. The second-order valence-electron chi connectivity index (χ2n) is 6.97. The van der Waals surface area contributed by atoms with Gasteiger partial charge < -0.3 is 19.7 Å². The Balaban J connectivity index is 0.00000300. The molecule has 1 saturated heterocycles. The van der Waals surface area contributed by atoms with Gasteiger partial charge in [0.25, 0.3) is 0 Å². The molecule has 2 aromatic carbocycles. The van der Waals surface area contributed by atoms with Gasteiger partial charge >= 0.3 is 0 Å². The third-order valence-corrected chi connectivity index (χ3v) is 5.05. The molecule has 0 radical (unpaired) electrons. The number of benzene rings is 2. The first kappa shape index (κ1) is 23.0. The van der Waals surface area contributed by atoms with Crippen molar-refractivity contribution in [2.24, 2.45) is 0 Å². The maximum atomic E-state index is 12.4. The molecule has 0 bridgehead atoms. The van der Waals surface area contributed by atoms with Crippen LogP contribution in [0.3, 0.4) is 0 Å². The average Bonchev–Trinajstić information content (AvgIpc) is 2.74. The first-order valence-electron chi connectivity index (χ1n) is 9.68. The lowest BCUT2D eigenvalue weighted by Gasteiger charge is -2.34. The number of hydrogen-bond donors (Lipinski definition) is 1.